The fourth-order valence-electron chi connectivity index (χ4n) is 3.91. The van der Waals surface area contributed by atoms with Gasteiger partial charge < -0.3 is 14.8 Å². The zero-order valence-corrected chi connectivity index (χ0v) is 20.6. The summed E-state index contributed by atoms with van der Waals surface area (Å²) in [7, 11) is 0. The van der Waals surface area contributed by atoms with E-state index in [9.17, 15) is 4.79 Å². The summed E-state index contributed by atoms with van der Waals surface area (Å²) in [5.41, 5.74) is 4.69. The maximum Gasteiger partial charge on any atom is 0.251 e. The van der Waals surface area contributed by atoms with Gasteiger partial charge >= 0.3 is 0 Å². The predicted molar refractivity (Wildman–Crippen MR) is 143 cm³/mol. The summed E-state index contributed by atoms with van der Waals surface area (Å²) < 4.78 is 13.5. The number of hydrogen-bond acceptors (Lipinski definition) is 6. The standard InChI is InChI=1S/C30H25N5O3/c31-18-22-4-9-26(10-5-22)37-15-2-16-38-27-11-7-25(8-12-27)35-21-34-28-17-24(6-13-29(28)35)30(36)33-20-23-3-1-14-32-19-23/h1,3-14,17,19,21H,2,15-16,20H2,(H,33,36). The first kappa shape index (κ1) is 24.5. The van der Waals surface area contributed by atoms with Crippen LogP contribution in [0.4, 0.5) is 0 Å². The monoisotopic (exact) mass is 503 g/mol. The van der Waals surface area contributed by atoms with Crippen molar-refractivity contribution in [1.29, 1.82) is 5.26 Å². The Hall–Kier alpha value is -5.16. The molecule has 0 aliphatic rings. The third-order valence-electron chi connectivity index (χ3n) is 5.91. The van der Waals surface area contributed by atoms with Crippen molar-refractivity contribution in [3.63, 3.8) is 0 Å². The van der Waals surface area contributed by atoms with E-state index in [4.69, 9.17) is 14.7 Å². The maximum absolute atomic E-state index is 12.6. The molecule has 2 aromatic heterocycles. The van der Waals surface area contributed by atoms with Gasteiger partial charge in [-0.1, -0.05) is 6.07 Å². The van der Waals surface area contributed by atoms with E-state index in [0.717, 1.165) is 40.2 Å². The predicted octanol–water partition coefficient (Wildman–Crippen LogP) is 5.07. The lowest BCUT2D eigenvalue weighted by Crippen LogP contribution is -2.22. The molecule has 0 aliphatic carbocycles. The van der Waals surface area contributed by atoms with Crippen LogP contribution in [0.25, 0.3) is 16.7 Å². The lowest BCUT2D eigenvalue weighted by molar-refractivity contribution is 0.0951. The first-order chi connectivity index (χ1) is 18.7. The molecule has 0 fully saturated rings. The van der Waals surface area contributed by atoms with Crippen molar-refractivity contribution >= 4 is 16.9 Å². The van der Waals surface area contributed by atoms with Crippen molar-refractivity contribution < 1.29 is 14.3 Å². The van der Waals surface area contributed by atoms with Gasteiger partial charge in [0.05, 0.1) is 35.9 Å². The Morgan fingerprint density at radius 2 is 1.68 bits per heavy atom. The molecule has 1 N–H and O–H groups in total. The molecule has 38 heavy (non-hydrogen) atoms. The molecular formula is C30H25N5O3. The summed E-state index contributed by atoms with van der Waals surface area (Å²) in [6, 6.07) is 26.2. The number of rotatable bonds is 10. The van der Waals surface area contributed by atoms with Crippen molar-refractivity contribution in [3.8, 4) is 23.3 Å². The van der Waals surface area contributed by atoms with E-state index in [-0.39, 0.29) is 5.91 Å². The van der Waals surface area contributed by atoms with Crippen LogP contribution in [0.3, 0.4) is 0 Å². The van der Waals surface area contributed by atoms with Gasteiger partial charge in [-0.2, -0.15) is 5.26 Å². The van der Waals surface area contributed by atoms with Gasteiger partial charge in [-0.05, 0) is 78.4 Å². The quantitative estimate of drug-likeness (QED) is 0.267. The number of amides is 1. The van der Waals surface area contributed by atoms with E-state index in [1.165, 1.54) is 0 Å². The number of carbonyl (C=O) groups is 1. The molecule has 0 radical (unpaired) electrons. The Balaban J connectivity index is 1.14. The number of aromatic nitrogens is 3. The van der Waals surface area contributed by atoms with Crippen LogP contribution >= 0.6 is 0 Å². The van der Waals surface area contributed by atoms with Crippen LogP contribution in [-0.4, -0.2) is 33.7 Å². The molecule has 0 spiro atoms. The molecule has 0 atom stereocenters. The molecule has 2 heterocycles. The van der Waals surface area contributed by atoms with Crippen LogP contribution in [0, 0.1) is 11.3 Å². The van der Waals surface area contributed by atoms with Gasteiger partial charge in [-0.3, -0.25) is 14.3 Å². The molecule has 188 valence electrons. The van der Waals surface area contributed by atoms with Gasteiger partial charge in [-0.15, -0.1) is 0 Å². The second kappa shape index (κ2) is 11.7. The smallest absolute Gasteiger partial charge is 0.251 e. The number of benzene rings is 3. The molecule has 0 unspecified atom stereocenters. The average molecular weight is 504 g/mol. The largest absolute Gasteiger partial charge is 0.493 e. The summed E-state index contributed by atoms with van der Waals surface area (Å²) >= 11 is 0. The van der Waals surface area contributed by atoms with Crippen molar-refractivity contribution in [2.75, 3.05) is 13.2 Å². The molecule has 1 amide bonds. The Morgan fingerprint density at radius 1 is 0.947 bits per heavy atom. The Bertz CT molecular complexity index is 1560. The molecule has 0 bridgehead atoms. The van der Waals surface area contributed by atoms with E-state index in [1.54, 1.807) is 55.1 Å². The van der Waals surface area contributed by atoms with Crippen LogP contribution in [0.2, 0.25) is 0 Å². The van der Waals surface area contributed by atoms with Crippen LogP contribution in [-0.2, 0) is 6.54 Å². The number of nitrogens with zero attached hydrogens (tertiary/aromatic N) is 4. The Kier molecular flexibility index (Phi) is 7.56. The van der Waals surface area contributed by atoms with Crippen LogP contribution in [0.5, 0.6) is 11.5 Å². The minimum atomic E-state index is -0.158. The number of nitriles is 1. The summed E-state index contributed by atoms with van der Waals surface area (Å²) in [6.07, 6.45) is 5.91. The van der Waals surface area contributed by atoms with Crippen molar-refractivity contribution in [1.82, 2.24) is 19.9 Å². The topological polar surface area (TPSA) is 102 Å². The van der Waals surface area contributed by atoms with Gasteiger partial charge in [0.1, 0.15) is 17.8 Å². The zero-order chi connectivity index (χ0) is 26.2. The van der Waals surface area contributed by atoms with Gasteiger partial charge in [0, 0.05) is 36.6 Å². The van der Waals surface area contributed by atoms with Gasteiger partial charge in [0.15, 0.2) is 0 Å². The molecule has 0 saturated carbocycles. The van der Waals surface area contributed by atoms with Crippen LogP contribution in [0.15, 0.2) is 97.6 Å². The zero-order valence-electron chi connectivity index (χ0n) is 20.6. The van der Waals surface area contributed by atoms with E-state index in [1.807, 2.05) is 47.0 Å². The minimum absolute atomic E-state index is 0.158. The SMILES string of the molecule is N#Cc1ccc(OCCCOc2ccc(-n3cnc4cc(C(=O)NCc5cccnc5)ccc43)cc2)cc1. The normalized spacial score (nSPS) is 10.6. The van der Waals surface area contributed by atoms with Gasteiger partial charge in [0.25, 0.3) is 5.91 Å². The number of hydrogen-bond donors (Lipinski definition) is 1. The molecule has 3 aromatic carbocycles. The highest BCUT2D eigenvalue weighted by atomic mass is 16.5. The summed E-state index contributed by atoms with van der Waals surface area (Å²) in [5, 5.41) is 11.8. The van der Waals surface area contributed by atoms with E-state index in [2.05, 4.69) is 21.4 Å². The Morgan fingerprint density at radius 3 is 2.37 bits per heavy atom. The number of imidazole rings is 1. The van der Waals surface area contributed by atoms with E-state index in [0.29, 0.717) is 30.9 Å². The second-order valence-corrected chi connectivity index (χ2v) is 8.54. The molecule has 8 nitrogen and oxygen atoms in total. The number of fused-ring (bicyclic) bond motifs is 1. The summed E-state index contributed by atoms with van der Waals surface area (Å²) in [6.45, 7) is 1.46. The molecule has 5 aromatic rings. The van der Waals surface area contributed by atoms with E-state index < -0.39 is 0 Å². The lowest BCUT2D eigenvalue weighted by Gasteiger charge is -2.10. The van der Waals surface area contributed by atoms with Gasteiger partial charge in [0.2, 0.25) is 0 Å². The number of carbonyl (C=O) groups excluding carboxylic acids is 1. The maximum atomic E-state index is 12.6. The minimum Gasteiger partial charge on any atom is -0.493 e. The van der Waals surface area contributed by atoms with E-state index >= 15 is 0 Å². The molecule has 8 heteroatoms. The second-order valence-electron chi connectivity index (χ2n) is 8.54. The summed E-state index contributed by atoms with van der Waals surface area (Å²) in [4.78, 5) is 21.2. The fraction of sp³-hybridized carbons (Fsp3) is 0.133. The number of ether oxygens (including phenoxy) is 2. The number of nitrogens with one attached hydrogen (secondary N) is 1. The van der Waals surface area contributed by atoms with Crippen LogP contribution < -0.4 is 14.8 Å². The molecular weight excluding hydrogens is 478 g/mol. The van der Waals surface area contributed by atoms with Crippen molar-refractivity contribution in [2.24, 2.45) is 0 Å². The van der Waals surface area contributed by atoms with Gasteiger partial charge in [-0.25, -0.2) is 4.98 Å². The van der Waals surface area contributed by atoms with Crippen molar-refractivity contribution in [3.05, 3.63) is 114 Å². The van der Waals surface area contributed by atoms with Crippen molar-refractivity contribution in [2.45, 2.75) is 13.0 Å². The third-order valence-corrected chi connectivity index (χ3v) is 5.91. The van der Waals surface area contributed by atoms with Crippen LogP contribution in [0.1, 0.15) is 27.9 Å². The lowest BCUT2D eigenvalue weighted by atomic mass is 10.1. The molecule has 5 rings (SSSR count). The highest BCUT2D eigenvalue weighted by Crippen LogP contribution is 2.22. The highest BCUT2D eigenvalue weighted by Gasteiger charge is 2.10. The third kappa shape index (κ3) is 5.97. The molecule has 0 aliphatic heterocycles. The average Bonchev–Trinajstić information content (AvgIpc) is 3.40. The first-order valence-corrected chi connectivity index (χ1v) is 12.2. The summed E-state index contributed by atoms with van der Waals surface area (Å²) in [5.74, 6) is 1.34. The molecule has 0 saturated heterocycles. The highest BCUT2D eigenvalue weighted by molar-refractivity contribution is 5.97. The fourth-order valence-corrected chi connectivity index (χ4v) is 3.91. The Labute approximate surface area is 220 Å². The number of pyridine rings is 1. The first-order valence-electron chi connectivity index (χ1n) is 12.2.